The monoisotopic (exact) mass is 1040 g/mol. The van der Waals surface area contributed by atoms with Gasteiger partial charge in [0, 0.05) is 44.9 Å². The molecule has 5 aromatic carbocycles. The van der Waals surface area contributed by atoms with Crippen molar-refractivity contribution in [2.24, 2.45) is 11.8 Å². The van der Waals surface area contributed by atoms with Crippen molar-refractivity contribution in [1.82, 2.24) is 30.7 Å². The maximum absolute atomic E-state index is 15.6. The Hall–Kier alpha value is -7.32. The van der Waals surface area contributed by atoms with E-state index in [9.17, 15) is 14.4 Å². The van der Waals surface area contributed by atoms with E-state index in [-0.39, 0.29) is 56.4 Å². The zero-order chi connectivity index (χ0) is 54.1. The maximum Gasteiger partial charge on any atom is 0.407 e. The number of nitrogens with zero attached hydrogens (tertiary/aromatic N) is 3. The molecule has 14 heteroatoms. The number of carbonyl (C=O) groups excluding carboxylic acids is 6. The lowest BCUT2D eigenvalue weighted by Crippen LogP contribution is -2.68. The van der Waals surface area contributed by atoms with Gasteiger partial charge in [-0.2, -0.15) is 0 Å². The Bertz CT molecular complexity index is 2820. The summed E-state index contributed by atoms with van der Waals surface area (Å²) in [4.78, 5) is 93.9. The summed E-state index contributed by atoms with van der Waals surface area (Å²) in [6.45, 7) is 7.38. The standard InChI is InChI=1S/C63H74N6O8/c1-5-43(3)56(66-57(70)52(38-44-21-9-6-10-22-44)65-62(75)77-41-51-49-29-17-15-27-47(49)48-28-16-18-30-50(48)51)60(73)68-35-19-31-53(68)58(71)67(4)54(39-45-23-11-7-12-24-45)59(72)69-36-20-33-63(69,55-37-42(2)32-34-64-55)61(74)76-40-46-25-13-8-14-26-46/h6-18,21-30,42-43,51-56,64H,5,19-20,31-41H2,1-4H3,(H,65,75)(H,66,70)/t42?,43-,52+,53+,54-,55?,56-,63+/m0/s1. The second-order valence-corrected chi connectivity index (χ2v) is 21.6. The highest BCUT2D eigenvalue weighted by atomic mass is 16.5. The minimum absolute atomic E-state index is 0.0569. The number of nitrogens with one attached hydrogen (secondary N) is 3. The molecule has 3 fully saturated rings. The normalized spacial score (nSPS) is 21.4. The third-order valence-corrected chi connectivity index (χ3v) is 16.7. The number of hydrogen-bond donors (Lipinski definition) is 3. The smallest absolute Gasteiger partial charge is 0.407 e. The molecule has 3 saturated heterocycles. The first-order chi connectivity index (χ1) is 37.4. The topological polar surface area (TPSA) is 167 Å². The predicted molar refractivity (Wildman–Crippen MR) is 295 cm³/mol. The lowest BCUT2D eigenvalue weighted by Gasteiger charge is -2.47. The Morgan fingerprint density at radius 2 is 1.31 bits per heavy atom. The van der Waals surface area contributed by atoms with Gasteiger partial charge >= 0.3 is 12.1 Å². The number of amides is 5. The minimum Gasteiger partial charge on any atom is -0.459 e. The Morgan fingerprint density at radius 1 is 0.714 bits per heavy atom. The van der Waals surface area contributed by atoms with Crippen LogP contribution < -0.4 is 16.0 Å². The first-order valence-electron chi connectivity index (χ1n) is 27.7. The maximum atomic E-state index is 15.6. The Morgan fingerprint density at radius 3 is 1.94 bits per heavy atom. The molecule has 404 valence electrons. The molecule has 3 aliphatic heterocycles. The van der Waals surface area contributed by atoms with Crippen molar-refractivity contribution < 1.29 is 38.2 Å². The summed E-state index contributed by atoms with van der Waals surface area (Å²) < 4.78 is 12.1. The summed E-state index contributed by atoms with van der Waals surface area (Å²) in [7, 11) is 1.62. The Balaban J connectivity index is 0.938. The molecule has 2 unspecified atom stereocenters. The molecule has 0 spiro atoms. The summed E-state index contributed by atoms with van der Waals surface area (Å²) in [6, 6.07) is 40.0. The number of likely N-dealkylation sites (tertiary alicyclic amines) is 2. The van der Waals surface area contributed by atoms with Gasteiger partial charge in [0.15, 0.2) is 5.54 Å². The Labute approximate surface area is 453 Å². The lowest BCUT2D eigenvalue weighted by molar-refractivity contribution is -0.168. The highest BCUT2D eigenvalue weighted by Gasteiger charge is 2.58. The molecule has 3 N–H and O–H groups in total. The SMILES string of the molecule is CC[C@H](C)[C@H](NC(=O)[C@@H](Cc1ccccc1)NC(=O)OCC1c2ccccc2-c2ccccc21)C(=O)N1CCC[C@@H]1C(=O)N(C)[C@@H](Cc1ccccc1)C(=O)N1CCC[C@]1(C(=O)OCc1ccccc1)C1CC(C)CCN1. The van der Waals surface area contributed by atoms with E-state index in [0.29, 0.717) is 57.5 Å². The highest BCUT2D eigenvalue weighted by molar-refractivity contribution is 5.97. The van der Waals surface area contributed by atoms with E-state index >= 15 is 14.4 Å². The van der Waals surface area contributed by atoms with E-state index in [2.05, 4.69) is 35.0 Å². The zero-order valence-corrected chi connectivity index (χ0v) is 44.9. The molecule has 5 aromatic rings. The molecular formula is C63H74N6O8. The molecule has 0 radical (unpaired) electrons. The average molecular weight is 1040 g/mol. The largest absolute Gasteiger partial charge is 0.459 e. The molecule has 9 rings (SSSR count). The molecule has 4 aliphatic rings. The van der Waals surface area contributed by atoms with Crippen molar-refractivity contribution in [2.75, 3.05) is 33.3 Å². The van der Waals surface area contributed by atoms with Gasteiger partial charge in [-0.05, 0) is 95.8 Å². The van der Waals surface area contributed by atoms with Gasteiger partial charge < -0.3 is 40.1 Å². The third kappa shape index (κ3) is 12.0. The zero-order valence-electron chi connectivity index (χ0n) is 44.9. The van der Waals surface area contributed by atoms with E-state index in [4.69, 9.17) is 9.47 Å². The van der Waals surface area contributed by atoms with Crippen LogP contribution in [-0.2, 0) is 52.9 Å². The van der Waals surface area contributed by atoms with Crippen LogP contribution in [0, 0.1) is 11.8 Å². The molecule has 1 aliphatic carbocycles. The molecule has 3 heterocycles. The number of esters is 1. The summed E-state index contributed by atoms with van der Waals surface area (Å²) in [5, 5.41) is 9.48. The van der Waals surface area contributed by atoms with E-state index in [1.807, 2.05) is 141 Å². The van der Waals surface area contributed by atoms with Gasteiger partial charge in [0.25, 0.3) is 0 Å². The van der Waals surface area contributed by atoms with Gasteiger partial charge in [-0.3, -0.25) is 19.2 Å². The van der Waals surface area contributed by atoms with Gasteiger partial charge in [-0.25, -0.2) is 9.59 Å². The molecule has 0 bridgehead atoms. The molecule has 0 aromatic heterocycles. The number of fused-ring (bicyclic) bond motifs is 3. The number of carbonyl (C=O) groups is 6. The van der Waals surface area contributed by atoms with Crippen molar-refractivity contribution in [1.29, 1.82) is 0 Å². The van der Waals surface area contributed by atoms with Crippen LogP contribution >= 0.6 is 0 Å². The van der Waals surface area contributed by atoms with Crippen molar-refractivity contribution in [3.05, 3.63) is 167 Å². The van der Waals surface area contributed by atoms with E-state index in [1.54, 1.807) is 16.8 Å². The van der Waals surface area contributed by atoms with Crippen molar-refractivity contribution in [3.8, 4) is 11.1 Å². The van der Waals surface area contributed by atoms with Crippen LogP contribution in [0.4, 0.5) is 4.79 Å². The predicted octanol–water partition coefficient (Wildman–Crippen LogP) is 8.22. The molecule has 5 amide bonds. The van der Waals surface area contributed by atoms with Crippen molar-refractivity contribution in [3.63, 3.8) is 0 Å². The van der Waals surface area contributed by atoms with Crippen LogP contribution in [0.1, 0.15) is 99.5 Å². The van der Waals surface area contributed by atoms with Crippen molar-refractivity contribution >= 4 is 35.7 Å². The first kappa shape index (κ1) is 54.5. The fourth-order valence-corrected chi connectivity index (χ4v) is 12.2. The molecule has 0 saturated carbocycles. The number of likely N-dealkylation sites (N-methyl/N-ethyl adjacent to an activating group) is 1. The van der Waals surface area contributed by atoms with Crippen LogP contribution in [0.5, 0.6) is 0 Å². The molecular weight excluding hydrogens is 969 g/mol. The van der Waals surface area contributed by atoms with Crippen LogP contribution in [0.15, 0.2) is 140 Å². The van der Waals surface area contributed by atoms with Gasteiger partial charge in [0.1, 0.15) is 37.4 Å². The summed E-state index contributed by atoms with van der Waals surface area (Å²) >= 11 is 0. The lowest BCUT2D eigenvalue weighted by atomic mass is 9.78. The van der Waals surface area contributed by atoms with E-state index in [1.165, 1.54) is 4.90 Å². The third-order valence-electron chi connectivity index (χ3n) is 16.7. The van der Waals surface area contributed by atoms with Gasteiger partial charge in [-0.15, -0.1) is 0 Å². The minimum atomic E-state index is -1.31. The fraction of sp³-hybridized carbons (Fsp3) is 0.429. The molecule has 77 heavy (non-hydrogen) atoms. The molecule has 8 atom stereocenters. The van der Waals surface area contributed by atoms with Gasteiger partial charge in [0.05, 0.1) is 0 Å². The second-order valence-electron chi connectivity index (χ2n) is 21.6. The number of hydrogen-bond acceptors (Lipinski definition) is 9. The number of rotatable bonds is 19. The number of benzene rings is 5. The summed E-state index contributed by atoms with van der Waals surface area (Å²) in [5.74, 6) is -2.44. The first-order valence-corrected chi connectivity index (χ1v) is 27.7. The van der Waals surface area contributed by atoms with Crippen LogP contribution in [0.2, 0.25) is 0 Å². The number of ether oxygens (including phenoxy) is 2. The van der Waals surface area contributed by atoms with Crippen LogP contribution in [0.3, 0.4) is 0 Å². The van der Waals surface area contributed by atoms with Crippen LogP contribution in [-0.4, -0.2) is 119 Å². The second kappa shape index (κ2) is 24.8. The quantitative estimate of drug-likeness (QED) is 0.0691. The summed E-state index contributed by atoms with van der Waals surface area (Å²) in [6.07, 6.45) is 3.56. The van der Waals surface area contributed by atoms with Gasteiger partial charge in [0.2, 0.25) is 23.6 Å². The number of alkyl carbamates (subject to hydrolysis) is 1. The summed E-state index contributed by atoms with van der Waals surface area (Å²) in [5.41, 5.74) is 5.47. The fourth-order valence-electron chi connectivity index (χ4n) is 12.2. The Kier molecular flexibility index (Phi) is 17.5. The van der Waals surface area contributed by atoms with E-state index < -0.39 is 59.5 Å². The number of piperidine rings is 1. The average Bonchev–Trinajstić information content (AvgIpc) is 4.23. The van der Waals surface area contributed by atoms with Gasteiger partial charge in [-0.1, -0.05) is 167 Å². The van der Waals surface area contributed by atoms with Crippen LogP contribution in [0.25, 0.3) is 11.1 Å². The van der Waals surface area contributed by atoms with E-state index in [0.717, 1.165) is 45.4 Å². The highest BCUT2D eigenvalue weighted by Crippen LogP contribution is 2.45. The van der Waals surface area contributed by atoms with Crippen molar-refractivity contribution in [2.45, 2.75) is 127 Å². The molecule has 14 nitrogen and oxygen atoms in total.